The second-order valence-electron chi connectivity index (χ2n) is 3.71. The molecule has 78 valence electrons. The maximum Gasteiger partial charge on any atom is 0.0207 e. The molecule has 1 rings (SSSR count). The van der Waals surface area contributed by atoms with Crippen molar-refractivity contribution >= 4 is 0 Å². The van der Waals surface area contributed by atoms with E-state index in [1.54, 1.807) is 0 Å². The van der Waals surface area contributed by atoms with Crippen LogP contribution in [-0.2, 0) is 13.1 Å². The summed E-state index contributed by atoms with van der Waals surface area (Å²) in [6.45, 7) is 5.96. The summed E-state index contributed by atoms with van der Waals surface area (Å²) in [6, 6.07) is 9.04. The summed E-state index contributed by atoms with van der Waals surface area (Å²) in [7, 11) is 0. The predicted molar refractivity (Wildman–Crippen MR) is 60.9 cm³/mol. The Balaban J connectivity index is 2.43. The molecule has 0 aromatic heterocycles. The van der Waals surface area contributed by atoms with Gasteiger partial charge in [0.2, 0.25) is 0 Å². The van der Waals surface area contributed by atoms with E-state index in [-0.39, 0.29) is 0 Å². The minimum atomic E-state index is 0.587. The van der Waals surface area contributed by atoms with Crippen molar-refractivity contribution in [1.29, 1.82) is 0 Å². The van der Waals surface area contributed by atoms with Gasteiger partial charge in [0.1, 0.15) is 0 Å². The third-order valence-corrected chi connectivity index (χ3v) is 2.53. The van der Waals surface area contributed by atoms with Gasteiger partial charge in [-0.2, -0.15) is 0 Å². The third-order valence-electron chi connectivity index (χ3n) is 2.53. The van der Waals surface area contributed by atoms with E-state index < -0.39 is 0 Å². The van der Waals surface area contributed by atoms with Crippen molar-refractivity contribution in [2.75, 3.05) is 0 Å². The van der Waals surface area contributed by atoms with E-state index in [1.165, 1.54) is 17.5 Å². The first-order valence-electron chi connectivity index (χ1n) is 5.27. The molecule has 1 atom stereocenters. The normalized spacial score (nSPS) is 12.8. The average molecular weight is 192 g/mol. The van der Waals surface area contributed by atoms with Crippen molar-refractivity contribution in [2.45, 2.75) is 39.4 Å². The molecule has 0 fully saturated rings. The monoisotopic (exact) mass is 192 g/mol. The van der Waals surface area contributed by atoms with E-state index in [1.807, 2.05) is 0 Å². The van der Waals surface area contributed by atoms with Crippen LogP contribution in [0.25, 0.3) is 0 Å². The van der Waals surface area contributed by atoms with Gasteiger partial charge >= 0.3 is 0 Å². The molecule has 0 aliphatic heterocycles. The quantitative estimate of drug-likeness (QED) is 0.749. The average Bonchev–Trinajstić information content (AvgIpc) is 2.26. The van der Waals surface area contributed by atoms with Crippen molar-refractivity contribution in [1.82, 2.24) is 5.32 Å². The lowest BCUT2D eigenvalue weighted by atomic mass is 10.1. The zero-order valence-electron chi connectivity index (χ0n) is 9.09. The lowest BCUT2D eigenvalue weighted by Gasteiger charge is -2.11. The molecule has 1 aromatic carbocycles. The zero-order chi connectivity index (χ0) is 10.4. The molecule has 0 radical (unpaired) electrons. The van der Waals surface area contributed by atoms with Gasteiger partial charge in [0, 0.05) is 19.1 Å². The molecule has 0 aliphatic carbocycles. The molecule has 1 unspecified atom stereocenters. The molecule has 3 N–H and O–H groups in total. The largest absolute Gasteiger partial charge is 0.326 e. The molecule has 1 aromatic rings. The molecule has 2 nitrogen and oxygen atoms in total. The van der Waals surface area contributed by atoms with E-state index in [4.69, 9.17) is 5.73 Å². The van der Waals surface area contributed by atoms with Gasteiger partial charge in [-0.05, 0) is 24.5 Å². The Morgan fingerprint density at radius 1 is 1.21 bits per heavy atom. The fourth-order valence-electron chi connectivity index (χ4n) is 1.23. The van der Waals surface area contributed by atoms with Gasteiger partial charge in [0.25, 0.3) is 0 Å². The van der Waals surface area contributed by atoms with Crippen molar-refractivity contribution in [3.05, 3.63) is 35.4 Å². The second-order valence-corrected chi connectivity index (χ2v) is 3.71. The summed E-state index contributed by atoms with van der Waals surface area (Å²) in [6.07, 6.45) is 1.17. The summed E-state index contributed by atoms with van der Waals surface area (Å²) >= 11 is 0. The van der Waals surface area contributed by atoms with Crippen LogP contribution in [0.5, 0.6) is 0 Å². The van der Waals surface area contributed by atoms with Crippen molar-refractivity contribution in [2.24, 2.45) is 5.73 Å². The summed E-state index contributed by atoms with van der Waals surface area (Å²) in [5, 5.41) is 3.45. The van der Waals surface area contributed by atoms with E-state index in [2.05, 4.69) is 43.4 Å². The minimum absolute atomic E-state index is 0.587. The highest BCUT2D eigenvalue weighted by molar-refractivity contribution is 5.22. The zero-order valence-corrected chi connectivity index (χ0v) is 9.09. The number of nitrogens with two attached hydrogens (primary N) is 1. The Kier molecular flexibility index (Phi) is 4.63. The van der Waals surface area contributed by atoms with Crippen molar-refractivity contribution < 1.29 is 0 Å². The number of hydrogen-bond donors (Lipinski definition) is 2. The molecular formula is C12H20N2. The Hall–Kier alpha value is -0.860. The van der Waals surface area contributed by atoms with E-state index in [9.17, 15) is 0 Å². The van der Waals surface area contributed by atoms with E-state index in [0.29, 0.717) is 12.6 Å². The lowest BCUT2D eigenvalue weighted by Crippen LogP contribution is -2.24. The molecule has 0 saturated carbocycles. The van der Waals surface area contributed by atoms with Crippen LogP contribution in [0.2, 0.25) is 0 Å². The predicted octanol–water partition coefficient (Wildman–Crippen LogP) is 2.03. The maximum absolute atomic E-state index is 5.53. The molecule has 0 heterocycles. The molecule has 0 saturated heterocycles. The highest BCUT2D eigenvalue weighted by Crippen LogP contribution is 2.04. The van der Waals surface area contributed by atoms with Gasteiger partial charge in [-0.25, -0.2) is 0 Å². The number of benzene rings is 1. The molecule has 2 heteroatoms. The van der Waals surface area contributed by atoms with Gasteiger partial charge in [-0.1, -0.05) is 31.2 Å². The van der Waals surface area contributed by atoms with Crippen LogP contribution in [0, 0.1) is 0 Å². The summed E-state index contributed by atoms with van der Waals surface area (Å²) in [5.74, 6) is 0. The van der Waals surface area contributed by atoms with Crippen LogP contribution in [0.15, 0.2) is 24.3 Å². The summed E-state index contributed by atoms with van der Waals surface area (Å²) < 4.78 is 0. The molecular weight excluding hydrogens is 172 g/mol. The second kappa shape index (κ2) is 5.78. The van der Waals surface area contributed by atoms with E-state index in [0.717, 1.165) is 6.54 Å². The number of hydrogen-bond acceptors (Lipinski definition) is 2. The lowest BCUT2D eigenvalue weighted by molar-refractivity contribution is 0.534. The van der Waals surface area contributed by atoms with Crippen LogP contribution in [0.4, 0.5) is 0 Å². The molecule has 0 spiro atoms. The Morgan fingerprint density at radius 3 is 2.29 bits per heavy atom. The van der Waals surface area contributed by atoms with Gasteiger partial charge in [-0.3, -0.25) is 0 Å². The summed E-state index contributed by atoms with van der Waals surface area (Å²) in [4.78, 5) is 0. The Morgan fingerprint density at radius 2 is 1.79 bits per heavy atom. The first kappa shape index (κ1) is 11.2. The molecule has 0 amide bonds. The van der Waals surface area contributed by atoms with Gasteiger partial charge in [-0.15, -0.1) is 0 Å². The fraction of sp³-hybridized carbons (Fsp3) is 0.500. The maximum atomic E-state index is 5.53. The topological polar surface area (TPSA) is 38.0 Å². The number of nitrogens with one attached hydrogen (secondary N) is 1. The molecule has 14 heavy (non-hydrogen) atoms. The molecule has 0 bridgehead atoms. The Labute approximate surface area is 86.5 Å². The van der Waals surface area contributed by atoms with Crippen LogP contribution in [0.1, 0.15) is 31.4 Å². The minimum Gasteiger partial charge on any atom is -0.326 e. The third kappa shape index (κ3) is 3.48. The van der Waals surface area contributed by atoms with E-state index >= 15 is 0 Å². The standard InChI is InChI=1S/C12H20N2/c1-3-10(2)14-9-12-6-4-11(8-13)5-7-12/h4-7,10,14H,3,8-9,13H2,1-2H3. The first-order chi connectivity index (χ1) is 6.76. The van der Waals surface area contributed by atoms with Crippen LogP contribution >= 0.6 is 0 Å². The van der Waals surface area contributed by atoms with Crippen LogP contribution in [0.3, 0.4) is 0 Å². The van der Waals surface area contributed by atoms with Crippen molar-refractivity contribution in [3.8, 4) is 0 Å². The number of rotatable bonds is 5. The Bertz CT molecular complexity index is 254. The van der Waals surface area contributed by atoms with Crippen LogP contribution in [-0.4, -0.2) is 6.04 Å². The first-order valence-corrected chi connectivity index (χ1v) is 5.27. The summed E-state index contributed by atoms with van der Waals surface area (Å²) in [5.41, 5.74) is 8.04. The highest BCUT2D eigenvalue weighted by atomic mass is 14.9. The van der Waals surface area contributed by atoms with Gasteiger partial charge in [0.15, 0.2) is 0 Å². The smallest absolute Gasteiger partial charge is 0.0207 e. The van der Waals surface area contributed by atoms with Crippen molar-refractivity contribution in [3.63, 3.8) is 0 Å². The SMILES string of the molecule is CCC(C)NCc1ccc(CN)cc1. The molecule has 0 aliphatic rings. The van der Waals surface area contributed by atoms with Gasteiger partial charge in [0.05, 0.1) is 0 Å². The van der Waals surface area contributed by atoms with Gasteiger partial charge < -0.3 is 11.1 Å². The van der Waals surface area contributed by atoms with Crippen LogP contribution < -0.4 is 11.1 Å². The fourth-order valence-corrected chi connectivity index (χ4v) is 1.23. The highest BCUT2D eigenvalue weighted by Gasteiger charge is 1.97.